The number of rotatable bonds is 5. The third-order valence-electron chi connectivity index (χ3n) is 3.18. The van der Waals surface area contributed by atoms with Gasteiger partial charge in [-0.05, 0) is 12.8 Å². The number of fused-ring (bicyclic) bond motifs is 1. The summed E-state index contributed by atoms with van der Waals surface area (Å²) in [6.45, 7) is 0.573. The summed E-state index contributed by atoms with van der Waals surface area (Å²) in [7, 11) is -2.02. The number of hydrogen-bond donors (Lipinski definition) is 3. The van der Waals surface area contributed by atoms with Crippen LogP contribution in [0.25, 0.3) is 11.2 Å². The number of anilines is 1. The minimum atomic E-state index is -2.02. The largest absolute Gasteiger partial charge is 0.382 e. The zero-order valence-corrected chi connectivity index (χ0v) is 11.0. The van der Waals surface area contributed by atoms with Crippen molar-refractivity contribution in [3.05, 3.63) is 12.7 Å². The van der Waals surface area contributed by atoms with Crippen molar-refractivity contribution in [3.8, 4) is 0 Å². The van der Waals surface area contributed by atoms with Gasteiger partial charge in [0.25, 0.3) is 0 Å². The van der Waals surface area contributed by atoms with Crippen LogP contribution < -0.4 is 5.73 Å². The Labute approximate surface area is 110 Å². The van der Waals surface area contributed by atoms with E-state index in [1.54, 1.807) is 6.33 Å². The Morgan fingerprint density at radius 3 is 2.84 bits per heavy atom. The molecular formula is C10H14N5O3P. The molecule has 0 atom stereocenters. The topological polar surface area (TPSA) is 119 Å². The van der Waals surface area contributed by atoms with Crippen LogP contribution in [0.1, 0.15) is 12.8 Å². The van der Waals surface area contributed by atoms with Gasteiger partial charge in [-0.25, -0.2) is 15.0 Å². The summed E-state index contributed by atoms with van der Waals surface area (Å²) < 4.78 is 7.42. The van der Waals surface area contributed by atoms with Gasteiger partial charge in [-0.3, -0.25) is 0 Å². The number of aromatic nitrogens is 4. The lowest BCUT2D eigenvalue weighted by atomic mass is 10.3. The van der Waals surface area contributed by atoms with Gasteiger partial charge in [0.1, 0.15) is 18.2 Å². The van der Waals surface area contributed by atoms with Crippen molar-refractivity contribution in [3.63, 3.8) is 0 Å². The molecule has 0 unspecified atom stereocenters. The maximum Gasteiger partial charge on any atom is 0.192 e. The second-order valence-electron chi connectivity index (χ2n) is 4.63. The van der Waals surface area contributed by atoms with Crippen LogP contribution in [0.2, 0.25) is 0 Å². The number of hydrogen-bond acceptors (Lipinski definition) is 7. The molecule has 0 aliphatic heterocycles. The molecule has 2 aromatic rings. The second kappa shape index (κ2) is 4.64. The minimum Gasteiger partial charge on any atom is -0.382 e. The van der Waals surface area contributed by atoms with E-state index in [1.807, 2.05) is 4.57 Å². The van der Waals surface area contributed by atoms with Crippen molar-refractivity contribution in [1.82, 2.24) is 19.5 Å². The summed E-state index contributed by atoms with van der Waals surface area (Å²) in [5.41, 5.74) is 6.63. The van der Waals surface area contributed by atoms with Gasteiger partial charge in [0.05, 0.1) is 18.5 Å². The molecule has 2 heterocycles. The van der Waals surface area contributed by atoms with Crippen LogP contribution in [0.4, 0.5) is 5.82 Å². The first kappa shape index (κ1) is 12.7. The fourth-order valence-electron chi connectivity index (χ4n) is 2.01. The third kappa shape index (κ3) is 2.52. The van der Waals surface area contributed by atoms with Crippen LogP contribution in [-0.4, -0.2) is 41.3 Å². The molecule has 3 rings (SSSR count). The van der Waals surface area contributed by atoms with Crippen molar-refractivity contribution in [1.29, 1.82) is 0 Å². The van der Waals surface area contributed by atoms with Gasteiger partial charge >= 0.3 is 0 Å². The van der Waals surface area contributed by atoms with E-state index in [9.17, 15) is 0 Å². The Morgan fingerprint density at radius 1 is 1.37 bits per heavy atom. The predicted octanol–water partition coefficient (Wildman–Crippen LogP) is 0.212. The zero-order chi connectivity index (χ0) is 13.5. The lowest BCUT2D eigenvalue weighted by molar-refractivity contribution is 0.0464. The summed E-state index contributed by atoms with van der Waals surface area (Å²) in [4.78, 5) is 30.1. The first-order valence-corrected chi connectivity index (χ1v) is 7.23. The molecule has 4 N–H and O–H groups in total. The van der Waals surface area contributed by atoms with E-state index in [-0.39, 0.29) is 11.9 Å². The average molecular weight is 283 g/mol. The number of imidazole rings is 1. The quantitative estimate of drug-likeness (QED) is 0.671. The number of ether oxygens (including phenoxy) is 1. The van der Waals surface area contributed by atoms with Crippen LogP contribution >= 0.6 is 8.38 Å². The van der Waals surface area contributed by atoms with E-state index < -0.39 is 8.38 Å². The monoisotopic (exact) mass is 283 g/mol. The van der Waals surface area contributed by atoms with Crippen LogP contribution in [0.15, 0.2) is 12.7 Å². The maximum atomic E-state index is 8.92. The van der Waals surface area contributed by atoms with Gasteiger partial charge in [0.2, 0.25) is 0 Å². The molecule has 0 amide bonds. The molecule has 0 spiro atoms. The molecule has 9 heteroatoms. The highest BCUT2D eigenvalue weighted by Gasteiger charge is 2.45. The molecule has 8 nitrogen and oxygen atoms in total. The number of nitrogens with two attached hydrogens (primary N) is 1. The van der Waals surface area contributed by atoms with Crippen LogP contribution in [0, 0.1) is 0 Å². The third-order valence-corrected chi connectivity index (χ3v) is 3.54. The summed E-state index contributed by atoms with van der Waals surface area (Å²) in [5.74, 6) is 0.351. The molecule has 0 saturated heterocycles. The summed E-state index contributed by atoms with van der Waals surface area (Å²) in [6, 6.07) is 0. The molecule has 1 aliphatic carbocycles. The molecule has 0 radical (unpaired) electrons. The van der Waals surface area contributed by atoms with E-state index in [0.29, 0.717) is 23.5 Å². The number of nitrogen functional groups attached to an aromatic ring is 1. The lowest BCUT2D eigenvalue weighted by Gasteiger charge is -2.17. The van der Waals surface area contributed by atoms with Gasteiger partial charge in [-0.2, -0.15) is 0 Å². The first-order valence-electron chi connectivity index (χ1n) is 5.80. The smallest absolute Gasteiger partial charge is 0.192 e. The number of nitrogens with zero attached hydrogens (tertiary/aromatic N) is 4. The van der Waals surface area contributed by atoms with Gasteiger partial charge in [0, 0.05) is 0 Å². The summed E-state index contributed by atoms with van der Waals surface area (Å²) in [5, 5.41) is 0. The maximum absolute atomic E-state index is 8.92. The fraction of sp³-hybridized carbons (Fsp3) is 0.500. The Bertz CT molecular complexity index is 598. The average Bonchev–Trinajstić information content (AvgIpc) is 3.02. The fourth-order valence-corrected chi connectivity index (χ4v) is 2.40. The lowest BCUT2D eigenvalue weighted by Crippen LogP contribution is -2.22. The molecule has 0 bridgehead atoms. The van der Waals surface area contributed by atoms with Gasteiger partial charge in [-0.1, -0.05) is 0 Å². The van der Waals surface area contributed by atoms with Crippen molar-refractivity contribution in [2.24, 2.45) is 0 Å². The van der Waals surface area contributed by atoms with Crippen LogP contribution in [0.5, 0.6) is 0 Å². The minimum absolute atomic E-state index is 0.0287. The molecule has 102 valence electrons. The van der Waals surface area contributed by atoms with Gasteiger partial charge < -0.3 is 24.8 Å². The summed E-state index contributed by atoms with van der Waals surface area (Å²) >= 11 is 0. The normalized spacial score (nSPS) is 17.2. The van der Waals surface area contributed by atoms with Gasteiger partial charge in [0.15, 0.2) is 19.8 Å². The Balaban J connectivity index is 1.80. The van der Waals surface area contributed by atoms with E-state index in [1.165, 1.54) is 6.33 Å². The highest BCUT2D eigenvalue weighted by molar-refractivity contribution is 7.44. The van der Waals surface area contributed by atoms with Crippen LogP contribution in [0.3, 0.4) is 0 Å². The molecule has 1 fully saturated rings. The van der Waals surface area contributed by atoms with Crippen LogP contribution in [-0.2, 0) is 11.3 Å². The highest BCUT2D eigenvalue weighted by atomic mass is 31.2. The molecule has 0 aromatic carbocycles. The van der Waals surface area contributed by atoms with E-state index >= 15 is 0 Å². The van der Waals surface area contributed by atoms with Gasteiger partial charge in [-0.15, -0.1) is 0 Å². The molecule has 1 aliphatic rings. The standard InChI is InChI=1S/C10H14N5O3P/c11-8-7-9(13-4-12-8)15(5-14-7)3-10(1-2-10)18-6-19(16)17/h4-5,16-17H,1-3,6H2,(H2,11,12,13). The first-order chi connectivity index (χ1) is 9.10. The predicted molar refractivity (Wildman–Crippen MR) is 69.0 cm³/mol. The molecule has 2 aromatic heterocycles. The SMILES string of the molecule is Nc1ncnc2c1ncn2CC1(OCP(O)O)CC1. The summed E-state index contributed by atoms with van der Waals surface area (Å²) in [6.07, 6.45) is 4.79. The Morgan fingerprint density at radius 2 is 2.16 bits per heavy atom. The zero-order valence-electron chi connectivity index (χ0n) is 10.1. The van der Waals surface area contributed by atoms with Crippen molar-refractivity contribution in [2.75, 3.05) is 12.1 Å². The second-order valence-corrected chi connectivity index (χ2v) is 5.64. The van der Waals surface area contributed by atoms with Crippen molar-refractivity contribution < 1.29 is 14.5 Å². The Kier molecular flexibility index (Phi) is 3.10. The van der Waals surface area contributed by atoms with Crippen molar-refractivity contribution >= 4 is 25.4 Å². The van der Waals surface area contributed by atoms with Crippen molar-refractivity contribution in [2.45, 2.75) is 25.0 Å². The van der Waals surface area contributed by atoms with E-state index in [4.69, 9.17) is 20.3 Å². The molecule has 19 heavy (non-hydrogen) atoms. The highest BCUT2D eigenvalue weighted by Crippen LogP contribution is 2.43. The van der Waals surface area contributed by atoms with E-state index in [0.717, 1.165) is 12.8 Å². The Hall–Kier alpha value is -1.34. The molecular weight excluding hydrogens is 269 g/mol. The van der Waals surface area contributed by atoms with E-state index in [2.05, 4.69) is 15.0 Å². The molecule has 1 saturated carbocycles.